The average Bonchev–Trinajstić information content (AvgIpc) is 2.67. The first-order chi connectivity index (χ1) is 14.1. The van der Waals surface area contributed by atoms with Gasteiger partial charge in [0.25, 0.3) is 0 Å². The Balaban J connectivity index is 3.74. The predicted molar refractivity (Wildman–Crippen MR) is 121 cm³/mol. The summed E-state index contributed by atoms with van der Waals surface area (Å²) in [4.78, 5) is 20.8. The first-order valence-electron chi connectivity index (χ1n) is 11.3. The maximum absolute atomic E-state index is 11.8. The highest BCUT2D eigenvalue weighted by atomic mass is 31.2. The predicted octanol–water partition coefficient (Wildman–Crippen LogP) is 5.53. The third kappa shape index (κ3) is 18.1. The van der Waals surface area contributed by atoms with Crippen molar-refractivity contribution in [3.05, 3.63) is 12.2 Å². The van der Waals surface area contributed by atoms with E-state index in [0.29, 0.717) is 6.54 Å². The standard InChI is InChI=1S/C22H44NO6P/c1-6-7-8-9-10-11-12-13-14-15-22(4,5)23-16-17-28-30(25,26)29-19-18-27-21(24)20(2)3/h23H,2,6-19H2,1,3-5H3,(H,25,26). The van der Waals surface area contributed by atoms with Gasteiger partial charge in [-0.3, -0.25) is 9.05 Å². The molecule has 0 aliphatic rings. The van der Waals surface area contributed by atoms with E-state index in [1.165, 1.54) is 64.7 Å². The lowest BCUT2D eigenvalue weighted by Crippen LogP contribution is -2.41. The lowest BCUT2D eigenvalue weighted by atomic mass is 9.96. The normalized spacial score (nSPS) is 13.8. The van der Waals surface area contributed by atoms with Crippen LogP contribution in [0, 0.1) is 0 Å². The summed E-state index contributed by atoms with van der Waals surface area (Å²) in [6, 6.07) is 0. The Bertz CT molecular complexity index is 524. The van der Waals surface area contributed by atoms with Crippen molar-refractivity contribution >= 4 is 13.8 Å². The van der Waals surface area contributed by atoms with Crippen LogP contribution in [0.15, 0.2) is 12.2 Å². The van der Waals surface area contributed by atoms with Gasteiger partial charge in [-0.15, -0.1) is 0 Å². The maximum atomic E-state index is 11.8. The van der Waals surface area contributed by atoms with Crippen molar-refractivity contribution in [1.29, 1.82) is 0 Å². The van der Waals surface area contributed by atoms with Gasteiger partial charge >= 0.3 is 13.8 Å². The van der Waals surface area contributed by atoms with Crippen molar-refractivity contribution in [3.63, 3.8) is 0 Å². The topological polar surface area (TPSA) is 94.1 Å². The number of rotatable bonds is 20. The highest BCUT2D eigenvalue weighted by Crippen LogP contribution is 2.42. The fourth-order valence-electron chi connectivity index (χ4n) is 2.96. The first-order valence-corrected chi connectivity index (χ1v) is 12.8. The summed E-state index contributed by atoms with van der Waals surface area (Å²) in [5.41, 5.74) is 0.205. The van der Waals surface area contributed by atoms with Crippen LogP contribution in [-0.4, -0.2) is 42.8 Å². The van der Waals surface area contributed by atoms with Crippen molar-refractivity contribution in [2.75, 3.05) is 26.4 Å². The summed E-state index contributed by atoms with van der Waals surface area (Å²) >= 11 is 0. The zero-order valence-corrected chi connectivity index (χ0v) is 20.4. The van der Waals surface area contributed by atoms with Crippen LogP contribution >= 0.6 is 7.82 Å². The van der Waals surface area contributed by atoms with E-state index in [9.17, 15) is 14.3 Å². The van der Waals surface area contributed by atoms with Gasteiger partial charge in [0.15, 0.2) is 0 Å². The molecule has 1 unspecified atom stereocenters. The van der Waals surface area contributed by atoms with E-state index in [1.807, 2.05) is 0 Å². The quantitative estimate of drug-likeness (QED) is 0.109. The van der Waals surface area contributed by atoms with E-state index in [1.54, 1.807) is 0 Å². The minimum absolute atomic E-state index is 0.0540. The lowest BCUT2D eigenvalue weighted by molar-refractivity contribution is -0.139. The second-order valence-corrected chi connectivity index (χ2v) is 9.89. The van der Waals surface area contributed by atoms with E-state index >= 15 is 0 Å². The van der Waals surface area contributed by atoms with Gasteiger partial charge in [-0.05, 0) is 27.2 Å². The summed E-state index contributed by atoms with van der Waals surface area (Å²) in [6.07, 6.45) is 12.8. The van der Waals surface area contributed by atoms with Gasteiger partial charge in [-0.25, -0.2) is 9.36 Å². The highest BCUT2D eigenvalue weighted by molar-refractivity contribution is 7.47. The second-order valence-electron chi connectivity index (χ2n) is 8.44. The molecule has 7 nitrogen and oxygen atoms in total. The van der Waals surface area contributed by atoms with Crippen LogP contribution in [0.4, 0.5) is 0 Å². The number of hydrogen-bond donors (Lipinski definition) is 2. The smallest absolute Gasteiger partial charge is 0.460 e. The largest absolute Gasteiger partial charge is 0.472 e. The van der Waals surface area contributed by atoms with Crippen LogP contribution < -0.4 is 5.32 Å². The van der Waals surface area contributed by atoms with E-state index < -0.39 is 13.8 Å². The van der Waals surface area contributed by atoms with Crippen molar-refractivity contribution < 1.29 is 28.0 Å². The maximum Gasteiger partial charge on any atom is 0.472 e. The Morgan fingerprint density at radius 2 is 1.50 bits per heavy atom. The Morgan fingerprint density at radius 3 is 2.07 bits per heavy atom. The molecule has 0 aliphatic carbocycles. The molecule has 0 saturated carbocycles. The van der Waals surface area contributed by atoms with Crippen LogP contribution in [0.5, 0.6) is 0 Å². The van der Waals surface area contributed by atoms with Crippen molar-refractivity contribution in [3.8, 4) is 0 Å². The molecule has 178 valence electrons. The van der Waals surface area contributed by atoms with Crippen LogP contribution in [0.2, 0.25) is 0 Å². The molecule has 0 spiro atoms. The summed E-state index contributed by atoms with van der Waals surface area (Å²) in [6.45, 7) is 11.6. The first kappa shape index (κ1) is 29.3. The second kappa shape index (κ2) is 16.9. The Labute approximate surface area is 183 Å². The third-order valence-corrected chi connectivity index (χ3v) is 5.80. The van der Waals surface area contributed by atoms with Gasteiger partial charge in [-0.2, -0.15) is 0 Å². The number of carbonyl (C=O) groups is 1. The zero-order valence-electron chi connectivity index (χ0n) is 19.5. The van der Waals surface area contributed by atoms with Gasteiger partial charge in [0.05, 0.1) is 13.2 Å². The van der Waals surface area contributed by atoms with Gasteiger partial charge in [0.2, 0.25) is 0 Å². The van der Waals surface area contributed by atoms with E-state index in [-0.39, 0.29) is 30.9 Å². The van der Waals surface area contributed by atoms with Crippen molar-refractivity contribution in [2.24, 2.45) is 0 Å². The summed E-state index contributed by atoms with van der Waals surface area (Å²) in [5, 5.41) is 3.36. The van der Waals surface area contributed by atoms with Gasteiger partial charge < -0.3 is 14.9 Å². The molecule has 1 atom stereocenters. The monoisotopic (exact) mass is 449 g/mol. The molecule has 0 aliphatic heterocycles. The molecular formula is C22H44NO6P. The number of esters is 1. The highest BCUT2D eigenvalue weighted by Gasteiger charge is 2.22. The molecule has 0 saturated heterocycles. The van der Waals surface area contributed by atoms with E-state index in [0.717, 1.165) is 6.42 Å². The SMILES string of the molecule is C=C(C)C(=O)OCCOP(=O)(O)OCCNC(C)(C)CCCCCCCCCCC. The molecule has 2 N–H and O–H groups in total. The van der Waals surface area contributed by atoms with Crippen LogP contribution in [0.1, 0.15) is 91.9 Å². The number of ether oxygens (including phenoxy) is 1. The molecule has 0 fully saturated rings. The average molecular weight is 450 g/mol. The Kier molecular flexibility index (Phi) is 16.5. The van der Waals surface area contributed by atoms with Gasteiger partial charge in [-0.1, -0.05) is 71.3 Å². The Hall–Kier alpha value is -0.720. The van der Waals surface area contributed by atoms with Gasteiger partial charge in [0.1, 0.15) is 6.61 Å². The molecule has 0 aromatic carbocycles. The number of phosphoric ester groups is 1. The molecule has 0 aromatic heterocycles. The molecule has 0 rings (SSSR count). The van der Waals surface area contributed by atoms with Crippen LogP contribution in [0.25, 0.3) is 0 Å². The van der Waals surface area contributed by atoms with Crippen LogP contribution in [-0.2, 0) is 23.1 Å². The number of carbonyl (C=O) groups excluding carboxylic acids is 1. The molecule has 30 heavy (non-hydrogen) atoms. The van der Waals surface area contributed by atoms with E-state index in [2.05, 4.69) is 32.7 Å². The van der Waals surface area contributed by atoms with Crippen molar-refractivity contribution in [1.82, 2.24) is 5.32 Å². The molecule has 0 heterocycles. The summed E-state index contributed by atoms with van der Waals surface area (Å²) in [5.74, 6) is -0.564. The molecule has 0 amide bonds. The minimum Gasteiger partial charge on any atom is -0.460 e. The molecular weight excluding hydrogens is 405 g/mol. The fraction of sp³-hybridized carbons (Fsp3) is 0.864. The zero-order chi connectivity index (χ0) is 22.9. The molecule has 0 aromatic rings. The van der Waals surface area contributed by atoms with Gasteiger partial charge in [0, 0.05) is 17.7 Å². The third-order valence-electron chi connectivity index (χ3n) is 4.78. The molecule has 0 radical (unpaired) electrons. The fourth-order valence-corrected chi connectivity index (χ4v) is 3.67. The van der Waals surface area contributed by atoms with Crippen LogP contribution in [0.3, 0.4) is 0 Å². The molecule has 0 bridgehead atoms. The number of unbranched alkanes of at least 4 members (excludes halogenated alkanes) is 8. The Morgan fingerprint density at radius 1 is 0.967 bits per heavy atom. The van der Waals surface area contributed by atoms with E-state index in [4.69, 9.17) is 13.8 Å². The summed E-state index contributed by atoms with van der Waals surface area (Å²) < 4.78 is 26.3. The molecule has 8 heteroatoms. The minimum atomic E-state index is -4.16. The number of phosphoric acid groups is 1. The number of nitrogens with one attached hydrogen (secondary N) is 1. The van der Waals surface area contributed by atoms with Crippen molar-refractivity contribution in [2.45, 2.75) is 97.4 Å². The number of hydrogen-bond acceptors (Lipinski definition) is 6. The lowest BCUT2D eigenvalue weighted by Gasteiger charge is -2.26. The summed E-state index contributed by atoms with van der Waals surface area (Å²) in [7, 11) is -4.16.